The monoisotopic (exact) mass is 279 g/mol. The van der Waals surface area contributed by atoms with E-state index < -0.39 is 17.1 Å². The molecule has 0 amide bonds. The SMILES string of the molecule is O=c1n(Cl)c(=O)n(Cl)c(=O)n1Cl.[H-].[H-].[Na+].[Na+]. The third-order valence-corrected chi connectivity index (χ3v) is 1.88. The van der Waals surface area contributed by atoms with Crippen molar-refractivity contribution >= 4 is 35.3 Å². The number of halogens is 3. The molecular formula is C3H2Cl3N3Na2O3. The van der Waals surface area contributed by atoms with Crippen molar-refractivity contribution < 1.29 is 62.0 Å². The molecule has 0 aliphatic carbocycles. The zero-order chi connectivity index (χ0) is 9.46. The Hall–Kier alpha value is 1.28. The van der Waals surface area contributed by atoms with Gasteiger partial charge in [-0.15, -0.1) is 12.3 Å². The summed E-state index contributed by atoms with van der Waals surface area (Å²) in [4.78, 5) is 32.3. The number of hydrogen-bond donors (Lipinski definition) is 0. The maximum atomic E-state index is 10.8. The Morgan fingerprint density at radius 1 is 0.714 bits per heavy atom. The van der Waals surface area contributed by atoms with Crippen LogP contribution in [-0.2, 0) is 0 Å². The van der Waals surface area contributed by atoms with Gasteiger partial charge in [0.2, 0.25) is 0 Å². The van der Waals surface area contributed by atoms with Crippen molar-refractivity contribution in [3.63, 3.8) is 0 Å². The van der Waals surface area contributed by atoms with E-state index in [-0.39, 0.29) is 74.2 Å². The molecular weight excluding hydrogens is 278 g/mol. The second-order valence-electron chi connectivity index (χ2n) is 1.69. The molecule has 0 aromatic carbocycles. The summed E-state index contributed by atoms with van der Waals surface area (Å²) < 4.78 is 0.254. The first-order valence-electron chi connectivity index (χ1n) is 2.46. The molecule has 0 radical (unpaired) electrons. The predicted octanol–water partition coefficient (Wildman–Crippen LogP) is -6.59. The zero-order valence-electron chi connectivity index (χ0n) is 9.20. The Morgan fingerprint density at radius 2 is 0.857 bits per heavy atom. The first-order chi connectivity index (χ1) is 5.46. The smallest absolute Gasteiger partial charge is 1.00 e. The minimum Gasteiger partial charge on any atom is -1.00 e. The topological polar surface area (TPSA) is 66.0 Å². The summed E-state index contributed by atoms with van der Waals surface area (Å²) in [6, 6.07) is 0. The summed E-state index contributed by atoms with van der Waals surface area (Å²) in [5.41, 5.74) is -3.49. The minimum absolute atomic E-state index is 0. The molecule has 0 aliphatic rings. The summed E-state index contributed by atoms with van der Waals surface area (Å²) in [6.07, 6.45) is 0. The van der Waals surface area contributed by atoms with Gasteiger partial charge in [-0.25, -0.2) is 14.4 Å². The van der Waals surface area contributed by atoms with Crippen LogP contribution in [0.2, 0.25) is 0 Å². The predicted molar refractivity (Wildman–Crippen MR) is 45.2 cm³/mol. The average molecular weight is 280 g/mol. The van der Waals surface area contributed by atoms with Gasteiger partial charge in [0.05, 0.1) is 0 Å². The van der Waals surface area contributed by atoms with Gasteiger partial charge >= 0.3 is 76.2 Å². The Labute approximate surface area is 139 Å². The van der Waals surface area contributed by atoms with Gasteiger partial charge in [0.25, 0.3) is 0 Å². The van der Waals surface area contributed by atoms with Crippen molar-refractivity contribution in [2.24, 2.45) is 0 Å². The summed E-state index contributed by atoms with van der Waals surface area (Å²) in [5.74, 6) is 0. The van der Waals surface area contributed by atoms with Crippen LogP contribution in [0.5, 0.6) is 0 Å². The Kier molecular flexibility index (Phi) is 8.55. The fourth-order valence-electron chi connectivity index (χ4n) is 0.477. The first-order valence-corrected chi connectivity index (χ1v) is 3.48. The van der Waals surface area contributed by atoms with E-state index in [0.717, 1.165) is 0 Å². The molecule has 6 nitrogen and oxygen atoms in total. The van der Waals surface area contributed by atoms with Crippen LogP contribution in [0.3, 0.4) is 0 Å². The zero-order valence-corrected chi connectivity index (χ0v) is 13.5. The molecule has 0 saturated heterocycles. The molecule has 0 saturated carbocycles. The van der Waals surface area contributed by atoms with Gasteiger partial charge in [0.1, 0.15) is 0 Å². The molecule has 0 bridgehead atoms. The van der Waals surface area contributed by atoms with E-state index in [2.05, 4.69) is 0 Å². The maximum Gasteiger partial charge on any atom is 1.00 e. The second-order valence-corrected chi connectivity index (χ2v) is 2.70. The van der Waals surface area contributed by atoms with Crippen LogP contribution in [0.15, 0.2) is 14.4 Å². The molecule has 0 spiro atoms. The van der Waals surface area contributed by atoms with E-state index in [1.54, 1.807) is 0 Å². The molecule has 0 N–H and O–H groups in total. The van der Waals surface area contributed by atoms with Gasteiger partial charge in [-0.3, -0.25) is 0 Å². The van der Waals surface area contributed by atoms with E-state index in [0.29, 0.717) is 0 Å². The molecule has 1 aromatic rings. The standard InChI is InChI=1S/C3Cl3N3O3.2Na.2H/c4-7-1(10)8(5)3(12)9(6)2(7)11;;;;/q;2*+1;2*-1. The van der Waals surface area contributed by atoms with Gasteiger partial charge in [-0.05, 0) is 0 Å². The van der Waals surface area contributed by atoms with Gasteiger partial charge in [-0.1, -0.05) is 0 Å². The summed E-state index contributed by atoms with van der Waals surface area (Å²) in [5, 5.41) is 0. The van der Waals surface area contributed by atoms with Crippen molar-refractivity contribution in [2.75, 3.05) is 0 Å². The molecule has 1 rings (SSSR count). The third-order valence-electron chi connectivity index (χ3n) is 1.01. The van der Waals surface area contributed by atoms with E-state index in [4.69, 9.17) is 35.3 Å². The van der Waals surface area contributed by atoms with Crippen molar-refractivity contribution in [2.45, 2.75) is 0 Å². The van der Waals surface area contributed by atoms with Gasteiger partial charge in [0.15, 0.2) is 0 Å². The fourth-order valence-corrected chi connectivity index (χ4v) is 1.05. The molecule has 1 heterocycles. The summed E-state index contributed by atoms with van der Waals surface area (Å²) >= 11 is 15.3. The van der Waals surface area contributed by atoms with Gasteiger partial charge < -0.3 is 2.85 Å². The first kappa shape index (κ1) is 17.7. The van der Waals surface area contributed by atoms with Crippen LogP contribution in [0.4, 0.5) is 0 Å². The van der Waals surface area contributed by atoms with Crippen molar-refractivity contribution in [1.29, 1.82) is 0 Å². The van der Waals surface area contributed by atoms with Gasteiger partial charge in [-0.2, -0.15) is 0 Å². The third kappa shape index (κ3) is 3.13. The summed E-state index contributed by atoms with van der Waals surface area (Å²) in [6.45, 7) is 0. The Bertz CT molecular complexity index is 398. The molecule has 0 unspecified atom stereocenters. The second kappa shape index (κ2) is 6.78. The summed E-state index contributed by atoms with van der Waals surface area (Å²) in [7, 11) is 0. The van der Waals surface area contributed by atoms with Crippen molar-refractivity contribution in [3.8, 4) is 0 Å². The Balaban J connectivity index is -0.000000180. The number of nitrogens with zero attached hydrogens (tertiary/aromatic N) is 3. The van der Waals surface area contributed by atoms with Crippen LogP contribution >= 0.6 is 35.3 Å². The van der Waals surface area contributed by atoms with Crippen LogP contribution < -0.4 is 76.2 Å². The number of aromatic nitrogens is 3. The van der Waals surface area contributed by atoms with Crippen LogP contribution in [-0.4, -0.2) is 12.3 Å². The van der Waals surface area contributed by atoms with Crippen LogP contribution in [0.25, 0.3) is 0 Å². The van der Waals surface area contributed by atoms with E-state index in [1.807, 2.05) is 0 Å². The van der Waals surface area contributed by atoms with Crippen LogP contribution in [0.1, 0.15) is 2.85 Å². The van der Waals surface area contributed by atoms with E-state index >= 15 is 0 Å². The van der Waals surface area contributed by atoms with Crippen LogP contribution in [0, 0.1) is 0 Å². The molecule has 11 heteroatoms. The maximum absolute atomic E-state index is 10.8. The molecule has 0 fully saturated rings. The molecule has 0 aliphatic heterocycles. The molecule has 14 heavy (non-hydrogen) atoms. The van der Waals surface area contributed by atoms with Crippen molar-refractivity contribution in [1.82, 2.24) is 12.3 Å². The van der Waals surface area contributed by atoms with E-state index in [9.17, 15) is 14.4 Å². The fraction of sp³-hybridized carbons (Fsp3) is 0. The van der Waals surface area contributed by atoms with Gasteiger partial charge in [0, 0.05) is 35.3 Å². The molecule has 1 aromatic heterocycles. The average Bonchev–Trinajstić information content (AvgIpc) is 2.08. The number of hydrogen-bond acceptors (Lipinski definition) is 3. The largest absolute Gasteiger partial charge is 1.00 e. The quantitative estimate of drug-likeness (QED) is 0.444. The number of rotatable bonds is 0. The van der Waals surface area contributed by atoms with E-state index in [1.165, 1.54) is 0 Å². The molecule has 0 atom stereocenters. The Morgan fingerprint density at radius 3 is 1.00 bits per heavy atom. The normalized spacial score (nSPS) is 8.79. The minimum atomic E-state index is -1.16. The molecule has 70 valence electrons. The van der Waals surface area contributed by atoms with Crippen molar-refractivity contribution in [3.05, 3.63) is 31.5 Å².